The molecule has 0 fully saturated rings. The van der Waals surface area contributed by atoms with Crippen LogP contribution in [-0.2, 0) is 24.3 Å². The zero-order valence-corrected chi connectivity index (χ0v) is 23.2. The Morgan fingerprint density at radius 2 is 1.64 bits per heavy atom. The highest BCUT2D eigenvalue weighted by atomic mass is 16.4. The first-order valence-electron chi connectivity index (χ1n) is 13.8. The molecule has 4 rings (SSSR count). The third kappa shape index (κ3) is 7.96. The van der Waals surface area contributed by atoms with Crippen molar-refractivity contribution in [3.05, 3.63) is 119 Å². The summed E-state index contributed by atoms with van der Waals surface area (Å²) in [5.74, 6) is 1.23. The lowest BCUT2D eigenvalue weighted by atomic mass is 9.99. The van der Waals surface area contributed by atoms with Crippen molar-refractivity contribution in [2.75, 3.05) is 6.54 Å². The van der Waals surface area contributed by atoms with Crippen LogP contribution in [-0.4, -0.2) is 27.8 Å². The van der Waals surface area contributed by atoms with Crippen LogP contribution in [0.3, 0.4) is 0 Å². The topological polar surface area (TPSA) is 67.5 Å². The number of rotatable bonds is 13. The number of amides is 2. The molecule has 1 atom stereocenters. The molecule has 39 heavy (non-hydrogen) atoms. The lowest BCUT2D eigenvalue weighted by Gasteiger charge is -2.24. The number of benzene rings is 2. The highest BCUT2D eigenvalue weighted by Gasteiger charge is 2.20. The van der Waals surface area contributed by atoms with Gasteiger partial charge in [-0.3, -0.25) is 9.59 Å². The zero-order valence-electron chi connectivity index (χ0n) is 23.2. The first-order valence-corrected chi connectivity index (χ1v) is 13.8. The number of furan rings is 1. The van der Waals surface area contributed by atoms with Crippen LogP contribution >= 0.6 is 0 Å². The van der Waals surface area contributed by atoms with Crippen molar-refractivity contribution >= 4 is 11.8 Å². The number of hydrogen-bond acceptors (Lipinski definition) is 3. The molecule has 2 heterocycles. The number of carbonyl (C=O) groups is 2. The van der Waals surface area contributed by atoms with E-state index < -0.39 is 0 Å². The van der Waals surface area contributed by atoms with Crippen molar-refractivity contribution in [2.24, 2.45) is 5.92 Å². The minimum atomic E-state index is -0.243. The predicted octanol–water partition coefficient (Wildman–Crippen LogP) is 6.63. The van der Waals surface area contributed by atoms with Crippen LogP contribution in [0.5, 0.6) is 0 Å². The Balaban J connectivity index is 1.44. The van der Waals surface area contributed by atoms with Crippen LogP contribution in [0.25, 0.3) is 0 Å². The fourth-order valence-electron chi connectivity index (χ4n) is 4.75. The standard InChI is InChI=1S/C33H39N3O3/c1-4-19-36(32(37)21-25(2)3)23-28-16-11-20-35(28)24-29-17-18-31(39-29)33(38)34-30(27-14-9-6-10-15-27)22-26-12-7-5-8-13-26/h5-18,20,25,30H,4,19,21-24H2,1-3H3,(H,34,38). The fourth-order valence-corrected chi connectivity index (χ4v) is 4.75. The van der Waals surface area contributed by atoms with Gasteiger partial charge < -0.3 is 19.2 Å². The molecular weight excluding hydrogens is 486 g/mol. The number of hydrogen-bond donors (Lipinski definition) is 1. The van der Waals surface area contributed by atoms with Crippen molar-refractivity contribution < 1.29 is 14.0 Å². The van der Waals surface area contributed by atoms with Gasteiger partial charge in [0.25, 0.3) is 5.91 Å². The van der Waals surface area contributed by atoms with Crippen molar-refractivity contribution in [1.29, 1.82) is 0 Å². The van der Waals surface area contributed by atoms with E-state index in [1.807, 2.05) is 77.8 Å². The van der Waals surface area contributed by atoms with Gasteiger partial charge >= 0.3 is 0 Å². The van der Waals surface area contributed by atoms with Crippen LogP contribution in [0.1, 0.15) is 72.8 Å². The number of nitrogens with one attached hydrogen (secondary N) is 1. The third-order valence-corrected chi connectivity index (χ3v) is 6.71. The fraction of sp³-hybridized carbons (Fsp3) is 0.333. The molecule has 0 spiro atoms. The minimum absolute atomic E-state index is 0.181. The van der Waals surface area contributed by atoms with E-state index in [0.29, 0.717) is 37.6 Å². The summed E-state index contributed by atoms with van der Waals surface area (Å²) in [5, 5.41) is 3.17. The van der Waals surface area contributed by atoms with E-state index in [2.05, 4.69) is 42.8 Å². The summed E-state index contributed by atoms with van der Waals surface area (Å²) in [6.45, 7) is 8.00. The molecule has 1 N–H and O–H groups in total. The van der Waals surface area contributed by atoms with Crippen LogP contribution in [0, 0.1) is 5.92 Å². The molecule has 0 radical (unpaired) electrons. The summed E-state index contributed by atoms with van der Waals surface area (Å²) in [4.78, 5) is 27.9. The average molecular weight is 526 g/mol. The van der Waals surface area contributed by atoms with Gasteiger partial charge in [0.05, 0.1) is 19.1 Å². The zero-order chi connectivity index (χ0) is 27.6. The highest BCUT2D eigenvalue weighted by molar-refractivity contribution is 5.91. The predicted molar refractivity (Wildman–Crippen MR) is 154 cm³/mol. The number of aromatic nitrogens is 1. The van der Waals surface area contributed by atoms with Crippen molar-refractivity contribution in [1.82, 2.24) is 14.8 Å². The minimum Gasteiger partial charge on any atom is -0.454 e. The molecule has 6 heteroatoms. The molecule has 0 bridgehead atoms. The molecule has 1 unspecified atom stereocenters. The van der Waals surface area contributed by atoms with Gasteiger partial charge in [0, 0.05) is 24.9 Å². The summed E-state index contributed by atoms with van der Waals surface area (Å²) in [7, 11) is 0. The van der Waals surface area contributed by atoms with Crippen molar-refractivity contribution in [3.8, 4) is 0 Å². The number of carbonyl (C=O) groups excluding carboxylic acids is 2. The van der Waals surface area contributed by atoms with Gasteiger partial charge in [-0.25, -0.2) is 0 Å². The molecule has 0 saturated carbocycles. The van der Waals surface area contributed by atoms with Gasteiger partial charge in [0.1, 0.15) is 5.76 Å². The Morgan fingerprint density at radius 1 is 0.923 bits per heavy atom. The second-order valence-corrected chi connectivity index (χ2v) is 10.4. The van der Waals surface area contributed by atoms with Gasteiger partial charge in [-0.1, -0.05) is 81.4 Å². The molecule has 0 aliphatic heterocycles. The van der Waals surface area contributed by atoms with E-state index in [-0.39, 0.29) is 23.6 Å². The van der Waals surface area contributed by atoms with Gasteiger partial charge in [0.15, 0.2) is 5.76 Å². The van der Waals surface area contributed by atoms with Gasteiger partial charge in [-0.15, -0.1) is 0 Å². The first-order chi connectivity index (χ1) is 18.9. The van der Waals surface area contributed by atoms with Crippen LogP contribution < -0.4 is 5.32 Å². The normalized spacial score (nSPS) is 11.9. The van der Waals surface area contributed by atoms with Crippen LogP contribution in [0.15, 0.2) is 95.5 Å². The maximum atomic E-state index is 13.2. The summed E-state index contributed by atoms with van der Waals surface area (Å²) >= 11 is 0. The smallest absolute Gasteiger partial charge is 0.287 e. The lowest BCUT2D eigenvalue weighted by Crippen LogP contribution is -2.32. The van der Waals surface area contributed by atoms with E-state index in [1.54, 1.807) is 6.07 Å². The van der Waals surface area contributed by atoms with Crippen LogP contribution in [0.4, 0.5) is 0 Å². The molecule has 2 aromatic heterocycles. The van der Waals surface area contributed by atoms with Crippen molar-refractivity contribution in [2.45, 2.75) is 59.2 Å². The summed E-state index contributed by atoms with van der Waals surface area (Å²) < 4.78 is 8.08. The Hall–Kier alpha value is -4.06. The summed E-state index contributed by atoms with van der Waals surface area (Å²) in [6, 6.07) is 27.6. The van der Waals surface area contributed by atoms with Gasteiger partial charge in [0.2, 0.25) is 5.91 Å². The average Bonchev–Trinajstić information content (AvgIpc) is 3.58. The maximum Gasteiger partial charge on any atom is 0.287 e. The summed E-state index contributed by atoms with van der Waals surface area (Å²) in [6.07, 6.45) is 4.13. The second-order valence-electron chi connectivity index (χ2n) is 10.4. The van der Waals surface area contributed by atoms with Crippen molar-refractivity contribution in [3.63, 3.8) is 0 Å². The van der Waals surface area contributed by atoms with Crippen LogP contribution in [0.2, 0.25) is 0 Å². The maximum absolute atomic E-state index is 13.2. The Morgan fingerprint density at radius 3 is 2.33 bits per heavy atom. The Bertz CT molecular complexity index is 1320. The largest absolute Gasteiger partial charge is 0.454 e. The van der Waals surface area contributed by atoms with E-state index in [9.17, 15) is 9.59 Å². The highest BCUT2D eigenvalue weighted by Crippen LogP contribution is 2.20. The molecular formula is C33H39N3O3. The molecule has 0 aliphatic rings. The quantitative estimate of drug-likeness (QED) is 0.213. The van der Waals surface area contributed by atoms with E-state index in [4.69, 9.17) is 4.42 Å². The van der Waals surface area contributed by atoms with E-state index >= 15 is 0 Å². The lowest BCUT2D eigenvalue weighted by molar-refractivity contribution is -0.132. The molecule has 2 aromatic carbocycles. The molecule has 0 aliphatic carbocycles. The Kier molecular flexibility index (Phi) is 9.79. The van der Waals surface area contributed by atoms with Gasteiger partial charge in [-0.05, 0) is 54.2 Å². The summed E-state index contributed by atoms with van der Waals surface area (Å²) in [5.41, 5.74) is 3.23. The van der Waals surface area contributed by atoms with E-state index in [0.717, 1.165) is 29.8 Å². The Labute approximate surface area is 231 Å². The molecule has 4 aromatic rings. The molecule has 204 valence electrons. The molecule has 2 amide bonds. The van der Waals surface area contributed by atoms with Gasteiger partial charge in [-0.2, -0.15) is 0 Å². The van der Waals surface area contributed by atoms with E-state index in [1.165, 1.54) is 0 Å². The second kappa shape index (κ2) is 13.7. The number of nitrogens with zero attached hydrogens (tertiary/aromatic N) is 2. The first kappa shape index (κ1) is 28.0. The molecule has 0 saturated heterocycles. The molecule has 6 nitrogen and oxygen atoms in total. The third-order valence-electron chi connectivity index (χ3n) is 6.71. The monoisotopic (exact) mass is 525 g/mol. The SMILES string of the molecule is CCCN(Cc1cccn1Cc1ccc(C(=O)NC(Cc2ccccc2)c2ccccc2)o1)C(=O)CC(C)C.